The van der Waals surface area contributed by atoms with Gasteiger partial charge in [0, 0.05) is 12.1 Å². The number of aromatic hydroxyl groups is 2. The van der Waals surface area contributed by atoms with Crippen molar-refractivity contribution >= 4 is 0 Å². The number of allylic oxidation sites excluding steroid dienone is 1. The van der Waals surface area contributed by atoms with Crippen LogP contribution in [0.5, 0.6) is 11.5 Å². The molecule has 4 heteroatoms. The molecule has 120 valence electrons. The third-order valence-corrected chi connectivity index (χ3v) is 3.95. The standard InChI is InChI=1S/C19H21NO3/c21-17-8-4-14(5-9-17)2-1-3-16-13-19(23-20-16)12-15-6-10-18(22)11-7-15/h4-11,13,19-22H,1-3,12H2. The molecule has 1 unspecified atom stereocenters. The number of hydrogen-bond donors (Lipinski definition) is 3. The molecule has 0 saturated heterocycles. The monoisotopic (exact) mass is 311 g/mol. The summed E-state index contributed by atoms with van der Waals surface area (Å²) >= 11 is 0. The summed E-state index contributed by atoms with van der Waals surface area (Å²) in [5.41, 5.74) is 6.48. The van der Waals surface area contributed by atoms with Gasteiger partial charge in [0.2, 0.25) is 0 Å². The largest absolute Gasteiger partial charge is 0.508 e. The number of rotatable bonds is 6. The molecule has 0 amide bonds. The number of phenols is 2. The van der Waals surface area contributed by atoms with Crippen LogP contribution in [0.3, 0.4) is 0 Å². The van der Waals surface area contributed by atoms with Gasteiger partial charge in [-0.25, -0.2) is 0 Å². The van der Waals surface area contributed by atoms with Crippen LogP contribution < -0.4 is 5.48 Å². The molecule has 0 saturated carbocycles. The van der Waals surface area contributed by atoms with Crippen molar-refractivity contribution in [2.75, 3.05) is 0 Å². The maximum Gasteiger partial charge on any atom is 0.115 e. The second kappa shape index (κ2) is 7.20. The predicted octanol–water partition coefficient (Wildman–Crippen LogP) is 3.45. The van der Waals surface area contributed by atoms with Crippen LogP contribution in [0.15, 0.2) is 60.3 Å². The van der Waals surface area contributed by atoms with Gasteiger partial charge in [-0.1, -0.05) is 24.3 Å². The van der Waals surface area contributed by atoms with Gasteiger partial charge < -0.3 is 10.2 Å². The molecule has 4 nitrogen and oxygen atoms in total. The van der Waals surface area contributed by atoms with Gasteiger partial charge in [-0.2, -0.15) is 0 Å². The molecule has 1 aliphatic heterocycles. The maximum atomic E-state index is 9.30. The van der Waals surface area contributed by atoms with Gasteiger partial charge in [-0.3, -0.25) is 10.3 Å². The van der Waals surface area contributed by atoms with Gasteiger partial charge in [0.1, 0.15) is 17.6 Å². The smallest absolute Gasteiger partial charge is 0.115 e. The Hall–Kier alpha value is -2.46. The van der Waals surface area contributed by atoms with E-state index in [9.17, 15) is 10.2 Å². The highest BCUT2D eigenvalue weighted by Crippen LogP contribution is 2.19. The first-order valence-electron chi connectivity index (χ1n) is 7.87. The van der Waals surface area contributed by atoms with Gasteiger partial charge in [0.05, 0.1) is 0 Å². The zero-order valence-electron chi connectivity index (χ0n) is 12.9. The number of phenolic OH excluding ortho intramolecular Hbond substituents is 2. The van der Waals surface area contributed by atoms with E-state index in [1.54, 1.807) is 24.3 Å². The number of aryl methyl sites for hydroxylation is 1. The van der Waals surface area contributed by atoms with E-state index in [0.717, 1.165) is 36.9 Å². The molecule has 2 aromatic carbocycles. The fourth-order valence-corrected chi connectivity index (χ4v) is 2.69. The van der Waals surface area contributed by atoms with E-state index < -0.39 is 0 Å². The molecular weight excluding hydrogens is 290 g/mol. The topological polar surface area (TPSA) is 61.7 Å². The second-order valence-corrected chi connectivity index (χ2v) is 5.84. The Bertz CT molecular complexity index is 662. The van der Waals surface area contributed by atoms with Crippen LogP contribution >= 0.6 is 0 Å². The first kappa shape index (κ1) is 15.4. The number of hydrogen-bond acceptors (Lipinski definition) is 4. The van der Waals surface area contributed by atoms with Crippen molar-refractivity contribution in [3.63, 3.8) is 0 Å². The highest BCUT2D eigenvalue weighted by Gasteiger charge is 2.16. The first-order valence-corrected chi connectivity index (χ1v) is 7.87. The normalized spacial score (nSPS) is 16.9. The summed E-state index contributed by atoms with van der Waals surface area (Å²) in [5, 5.41) is 18.6. The third kappa shape index (κ3) is 4.50. The minimum atomic E-state index is 0.0308. The zero-order chi connectivity index (χ0) is 16.1. The Kier molecular flexibility index (Phi) is 4.83. The first-order chi connectivity index (χ1) is 11.2. The highest BCUT2D eigenvalue weighted by molar-refractivity contribution is 5.27. The van der Waals surface area contributed by atoms with Gasteiger partial charge in [-0.15, -0.1) is 0 Å². The summed E-state index contributed by atoms with van der Waals surface area (Å²) in [4.78, 5) is 5.58. The lowest BCUT2D eigenvalue weighted by atomic mass is 10.0. The Morgan fingerprint density at radius 3 is 2.09 bits per heavy atom. The van der Waals surface area contributed by atoms with Gasteiger partial charge >= 0.3 is 0 Å². The Morgan fingerprint density at radius 2 is 1.43 bits per heavy atom. The average molecular weight is 311 g/mol. The van der Waals surface area contributed by atoms with Gasteiger partial charge in [0.25, 0.3) is 0 Å². The van der Waals surface area contributed by atoms with Crippen LogP contribution in [-0.2, 0) is 17.7 Å². The lowest BCUT2D eigenvalue weighted by Gasteiger charge is -2.07. The summed E-state index contributed by atoms with van der Waals surface area (Å²) in [5.74, 6) is 0.587. The summed E-state index contributed by atoms with van der Waals surface area (Å²) in [6.45, 7) is 0. The van der Waals surface area contributed by atoms with Crippen molar-refractivity contribution in [1.82, 2.24) is 5.48 Å². The maximum absolute atomic E-state index is 9.30. The Morgan fingerprint density at radius 1 is 0.826 bits per heavy atom. The van der Waals surface area contributed by atoms with E-state index in [4.69, 9.17) is 4.84 Å². The lowest BCUT2D eigenvalue weighted by Crippen LogP contribution is -2.14. The van der Waals surface area contributed by atoms with Gasteiger partial charge in [0.15, 0.2) is 0 Å². The molecule has 3 N–H and O–H groups in total. The number of hydroxylamine groups is 1. The van der Waals surface area contributed by atoms with Crippen molar-refractivity contribution in [2.45, 2.75) is 31.8 Å². The molecular formula is C19H21NO3. The molecule has 23 heavy (non-hydrogen) atoms. The fourth-order valence-electron chi connectivity index (χ4n) is 2.69. The average Bonchev–Trinajstić information content (AvgIpc) is 2.99. The van der Waals surface area contributed by atoms with Crippen LogP contribution in [0.2, 0.25) is 0 Å². The molecule has 0 aromatic heterocycles. The SMILES string of the molecule is Oc1ccc(CCCC2=CC(Cc3ccc(O)cc3)ON2)cc1. The van der Waals surface area contributed by atoms with E-state index in [0.29, 0.717) is 5.75 Å². The molecule has 0 aliphatic carbocycles. The van der Waals surface area contributed by atoms with Crippen molar-refractivity contribution in [3.05, 3.63) is 71.4 Å². The number of benzene rings is 2. The van der Waals surface area contributed by atoms with Crippen molar-refractivity contribution in [3.8, 4) is 11.5 Å². The van der Waals surface area contributed by atoms with Crippen molar-refractivity contribution in [1.29, 1.82) is 0 Å². The molecule has 0 spiro atoms. The van der Waals surface area contributed by atoms with Crippen LogP contribution in [0.25, 0.3) is 0 Å². The Labute approximate surface area is 136 Å². The molecule has 0 bridgehead atoms. The van der Waals surface area contributed by atoms with Crippen LogP contribution in [0.4, 0.5) is 0 Å². The van der Waals surface area contributed by atoms with E-state index in [1.165, 1.54) is 5.56 Å². The van der Waals surface area contributed by atoms with Crippen molar-refractivity contribution in [2.24, 2.45) is 0 Å². The summed E-state index contributed by atoms with van der Waals surface area (Å²) < 4.78 is 0. The molecule has 2 aromatic rings. The Balaban J connectivity index is 1.46. The summed E-state index contributed by atoms with van der Waals surface area (Å²) in [6, 6.07) is 14.6. The van der Waals surface area contributed by atoms with E-state index in [-0.39, 0.29) is 11.9 Å². The molecule has 1 heterocycles. The summed E-state index contributed by atoms with van der Waals surface area (Å²) in [6.07, 6.45) is 5.88. The lowest BCUT2D eigenvalue weighted by molar-refractivity contribution is 0.0417. The van der Waals surface area contributed by atoms with Crippen LogP contribution in [0.1, 0.15) is 24.0 Å². The number of nitrogens with one attached hydrogen (secondary N) is 1. The molecule has 1 aliphatic rings. The van der Waals surface area contributed by atoms with Crippen LogP contribution in [0, 0.1) is 0 Å². The van der Waals surface area contributed by atoms with E-state index >= 15 is 0 Å². The molecule has 1 atom stereocenters. The highest BCUT2D eigenvalue weighted by atomic mass is 16.7. The second-order valence-electron chi connectivity index (χ2n) is 5.84. The van der Waals surface area contributed by atoms with Crippen LogP contribution in [-0.4, -0.2) is 16.3 Å². The van der Waals surface area contributed by atoms with Crippen molar-refractivity contribution < 1.29 is 15.1 Å². The summed E-state index contributed by atoms with van der Waals surface area (Å²) in [7, 11) is 0. The third-order valence-electron chi connectivity index (χ3n) is 3.95. The minimum absolute atomic E-state index is 0.0308. The molecule has 3 rings (SSSR count). The fraction of sp³-hybridized carbons (Fsp3) is 0.263. The molecule has 0 radical (unpaired) electrons. The van der Waals surface area contributed by atoms with E-state index in [2.05, 4.69) is 11.6 Å². The predicted molar refractivity (Wildman–Crippen MR) is 88.9 cm³/mol. The van der Waals surface area contributed by atoms with Gasteiger partial charge in [-0.05, 0) is 60.7 Å². The zero-order valence-corrected chi connectivity index (χ0v) is 12.9. The minimum Gasteiger partial charge on any atom is -0.508 e. The molecule has 0 fully saturated rings. The quantitative estimate of drug-likeness (QED) is 0.764. The van der Waals surface area contributed by atoms with E-state index in [1.807, 2.05) is 24.3 Å².